The number of anilines is 2. The Hall–Kier alpha value is -3.51. The van der Waals surface area contributed by atoms with E-state index in [1.807, 2.05) is 0 Å². The van der Waals surface area contributed by atoms with Gasteiger partial charge >= 0.3 is 11.9 Å². The first-order valence-electron chi connectivity index (χ1n) is 10.2. The lowest BCUT2D eigenvalue weighted by Crippen LogP contribution is -2.15. The van der Waals surface area contributed by atoms with Crippen molar-refractivity contribution in [1.29, 1.82) is 0 Å². The van der Waals surface area contributed by atoms with Crippen molar-refractivity contribution < 1.29 is 33.9 Å². The zero-order chi connectivity index (χ0) is 24.5. The number of thiophene rings is 1. The van der Waals surface area contributed by atoms with Gasteiger partial charge in [0.05, 0.1) is 23.7 Å². The zero-order valence-corrected chi connectivity index (χ0v) is 19.2. The van der Waals surface area contributed by atoms with Crippen molar-refractivity contribution in [3.63, 3.8) is 0 Å². The molecule has 1 aromatic heterocycles. The van der Waals surface area contributed by atoms with Gasteiger partial charge < -0.3 is 25.2 Å². The number of carbonyl (C=O) groups is 3. The number of nitro benzene ring substituents is 1. The number of nitrogens with zero attached hydrogens (tertiary/aromatic N) is 1. The van der Waals surface area contributed by atoms with Crippen LogP contribution in [0.1, 0.15) is 56.2 Å². The minimum atomic E-state index is -0.716. The highest BCUT2D eigenvalue weighted by molar-refractivity contribution is 7.18. The number of aliphatic hydroxyl groups is 1. The van der Waals surface area contributed by atoms with Gasteiger partial charge in [-0.2, -0.15) is 0 Å². The minimum absolute atomic E-state index is 0.0204. The van der Waals surface area contributed by atoms with Gasteiger partial charge in [0.15, 0.2) is 0 Å². The third-order valence-electron chi connectivity index (χ3n) is 4.42. The number of ether oxygens (including phenoxy) is 2. The topological polar surface area (TPSA) is 157 Å². The Balaban J connectivity index is 2.39. The summed E-state index contributed by atoms with van der Waals surface area (Å²) < 4.78 is 10.1. The fraction of sp³-hybridized carbons (Fsp3) is 0.381. The van der Waals surface area contributed by atoms with Gasteiger partial charge in [-0.05, 0) is 44.9 Å². The fourth-order valence-corrected chi connectivity index (χ4v) is 3.98. The molecule has 0 fully saturated rings. The number of hydrogen-bond acceptors (Lipinski definition) is 10. The van der Waals surface area contributed by atoms with Crippen LogP contribution in [0.2, 0.25) is 0 Å². The van der Waals surface area contributed by atoms with Gasteiger partial charge in [0.25, 0.3) is 11.6 Å². The molecule has 0 bridgehead atoms. The molecule has 0 saturated heterocycles. The maximum atomic E-state index is 12.9. The number of amides is 1. The maximum absolute atomic E-state index is 12.9. The van der Waals surface area contributed by atoms with Crippen molar-refractivity contribution in [2.45, 2.75) is 27.2 Å². The summed E-state index contributed by atoms with van der Waals surface area (Å²) in [4.78, 5) is 48.6. The summed E-state index contributed by atoms with van der Waals surface area (Å²) in [7, 11) is 0. The van der Waals surface area contributed by atoms with Crippen LogP contribution in [0.15, 0.2) is 18.2 Å². The lowest BCUT2D eigenvalue weighted by molar-refractivity contribution is -0.384. The molecule has 0 spiro atoms. The van der Waals surface area contributed by atoms with Crippen molar-refractivity contribution in [2.24, 2.45) is 0 Å². The normalized spacial score (nSPS) is 10.4. The van der Waals surface area contributed by atoms with Crippen molar-refractivity contribution in [1.82, 2.24) is 0 Å². The van der Waals surface area contributed by atoms with Gasteiger partial charge in [-0.15, -0.1) is 11.3 Å². The molecule has 2 rings (SSSR count). The van der Waals surface area contributed by atoms with Gasteiger partial charge in [0.2, 0.25) is 0 Å². The lowest BCUT2D eigenvalue weighted by Gasteiger charge is -2.09. The molecule has 0 unspecified atom stereocenters. The number of rotatable bonds is 11. The van der Waals surface area contributed by atoms with Gasteiger partial charge in [-0.25, -0.2) is 9.59 Å². The molecule has 0 aliphatic carbocycles. The number of carbonyl (C=O) groups excluding carboxylic acids is 3. The number of nitro groups is 1. The number of hydrogen-bond donors (Lipinski definition) is 3. The molecule has 33 heavy (non-hydrogen) atoms. The molecule has 2 aromatic rings. The molecule has 0 aliphatic rings. The summed E-state index contributed by atoms with van der Waals surface area (Å²) in [5.74, 6) is -2.06. The molecule has 0 atom stereocenters. The van der Waals surface area contributed by atoms with E-state index in [1.165, 1.54) is 12.1 Å². The summed E-state index contributed by atoms with van der Waals surface area (Å²) in [5, 5.41) is 25.8. The van der Waals surface area contributed by atoms with E-state index in [1.54, 1.807) is 20.8 Å². The highest BCUT2D eigenvalue weighted by Gasteiger charge is 2.28. The van der Waals surface area contributed by atoms with E-state index < -0.39 is 22.8 Å². The third kappa shape index (κ3) is 6.26. The highest BCUT2D eigenvalue weighted by atomic mass is 32.1. The molecule has 1 amide bonds. The second kappa shape index (κ2) is 11.9. The summed E-state index contributed by atoms with van der Waals surface area (Å²) in [6.07, 6.45) is 0.399. The minimum Gasteiger partial charge on any atom is -0.462 e. The number of esters is 2. The van der Waals surface area contributed by atoms with E-state index in [-0.39, 0.29) is 52.2 Å². The summed E-state index contributed by atoms with van der Waals surface area (Å²) in [5.41, 5.74) is 0.194. The lowest BCUT2D eigenvalue weighted by atomic mass is 10.1. The molecule has 1 aromatic carbocycles. The van der Waals surface area contributed by atoms with Crippen LogP contribution >= 0.6 is 11.3 Å². The molecule has 1 heterocycles. The van der Waals surface area contributed by atoms with E-state index in [0.717, 1.165) is 17.4 Å². The Morgan fingerprint density at radius 3 is 2.42 bits per heavy atom. The SMILES string of the molecule is CCOC(=O)c1sc(NC(=O)c2ccc(NCCCO)c([N+](=O)[O-])c2)c(C(=O)OCC)c1C. The molecule has 3 N–H and O–H groups in total. The number of aliphatic hydroxyl groups excluding tert-OH is 1. The Morgan fingerprint density at radius 1 is 1.15 bits per heavy atom. The van der Waals surface area contributed by atoms with Crippen LogP contribution in [0, 0.1) is 17.0 Å². The van der Waals surface area contributed by atoms with Crippen LogP contribution in [-0.4, -0.2) is 54.2 Å². The number of nitrogens with one attached hydrogen (secondary N) is 2. The summed E-state index contributed by atoms with van der Waals surface area (Å²) in [6, 6.07) is 3.88. The molecule has 0 saturated carbocycles. The first-order valence-corrected chi connectivity index (χ1v) is 11.0. The molecule has 12 heteroatoms. The van der Waals surface area contributed by atoms with E-state index in [4.69, 9.17) is 14.6 Å². The van der Waals surface area contributed by atoms with Crippen LogP contribution in [-0.2, 0) is 9.47 Å². The summed E-state index contributed by atoms with van der Waals surface area (Å²) >= 11 is 0.861. The molecule has 11 nitrogen and oxygen atoms in total. The largest absolute Gasteiger partial charge is 0.462 e. The van der Waals surface area contributed by atoms with Crippen molar-refractivity contribution in [3.8, 4) is 0 Å². The Morgan fingerprint density at radius 2 is 1.82 bits per heavy atom. The van der Waals surface area contributed by atoms with E-state index >= 15 is 0 Å². The van der Waals surface area contributed by atoms with Crippen LogP contribution in [0.5, 0.6) is 0 Å². The average molecular weight is 480 g/mol. The highest BCUT2D eigenvalue weighted by Crippen LogP contribution is 2.35. The molecular weight excluding hydrogens is 454 g/mol. The fourth-order valence-electron chi connectivity index (χ4n) is 2.89. The smallest absolute Gasteiger partial charge is 0.348 e. The second-order valence-electron chi connectivity index (χ2n) is 6.65. The van der Waals surface area contributed by atoms with Crippen molar-refractivity contribution >= 4 is 45.6 Å². The quantitative estimate of drug-likeness (QED) is 0.190. The van der Waals surface area contributed by atoms with Gasteiger partial charge in [-0.1, -0.05) is 0 Å². The Labute approximate surface area is 193 Å². The first-order chi connectivity index (χ1) is 15.7. The van der Waals surface area contributed by atoms with Gasteiger partial charge in [0, 0.05) is 24.8 Å². The van der Waals surface area contributed by atoms with E-state index in [2.05, 4.69) is 10.6 Å². The van der Waals surface area contributed by atoms with Gasteiger partial charge in [0.1, 0.15) is 15.6 Å². The molecule has 0 aliphatic heterocycles. The molecule has 178 valence electrons. The second-order valence-corrected chi connectivity index (χ2v) is 7.67. The maximum Gasteiger partial charge on any atom is 0.348 e. The van der Waals surface area contributed by atoms with Gasteiger partial charge in [-0.3, -0.25) is 14.9 Å². The standard InChI is InChI=1S/C21H25N3O8S/c1-4-31-20(27)16-12(3)17(21(28)32-5-2)33-19(16)23-18(26)13-7-8-14(22-9-6-10-25)15(11-13)24(29)30/h7-8,11,22,25H,4-6,9-10H2,1-3H3,(H,23,26). The molecule has 0 radical (unpaired) electrons. The number of benzene rings is 1. The first kappa shape index (κ1) is 25.7. The van der Waals surface area contributed by atoms with E-state index in [0.29, 0.717) is 18.5 Å². The zero-order valence-electron chi connectivity index (χ0n) is 18.4. The summed E-state index contributed by atoms with van der Waals surface area (Å²) in [6.45, 7) is 5.28. The van der Waals surface area contributed by atoms with Crippen LogP contribution in [0.25, 0.3) is 0 Å². The predicted octanol–water partition coefficient (Wildman–Crippen LogP) is 3.36. The monoisotopic (exact) mass is 479 g/mol. The Bertz CT molecular complexity index is 1050. The van der Waals surface area contributed by atoms with Crippen molar-refractivity contribution in [3.05, 3.63) is 49.9 Å². The average Bonchev–Trinajstić information content (AvgIpc) is 3.10. The van der Waals surface area contributed by atoms with Crippen LogP contribution in [0.3, 0.4) is 0 Å². The van der Waals surface area contributed by atoms with Crippen molar-refractivity contribution in [2.75, 3.05) is 37.0 Å². The molecular formula is C21H25N3O8S. The van der Waals surface area contributed by atoms with Crippen LogP contribution < -0.4 is 10.6 Å². The predicted molar refractivity (Wildman–Crippen MR) is 122 cm³/mol. The van der Waals surface area contributed by atoms with E-state index in [9.17, 15) is 24.5 Å². The Kier molecular flexibility index (Phi) is 9.30. The van der Waals surface area contributed by atoms with Crippen LogP contribution in [0.4, 0.5) is 16.4 Å². The third-order valence-corrected chi connectivity index (χ3v) is 5.61.